The number of carbonyl (C=O) groups excluding carboxylic acids is 1. The van der Waals surface area contributed by atoms with Crippen molar-refractivity contribution in [1.82, 2.24) is 10.0 Å². The minimum Gasteiger partial charge on any atom is -0.393 e. The van der Waals surface area contributed by atoms with E-state index in [9.17, 15) is 18.3 Å². The van der Waals surface area contributed by atoms with E-state index in [0.717, 1.165) is 12.8 Å². The van der Waals surface area contributed by atoms with Gasteiger partial charge in [0.2, 0.25) is 15.9 Å². The predicted octanol–water partition coefficient (Wildman–Crippen LogP) is -0.0185. The van der Waals surface area contributed by atoms with E-state index in [1.54, 1.807) is 6.92 Å². The van der Waals surface area contributed by atoms with Gasteiger partial charge < -0.3 is 10.4 Å². The third-order valence-corrected chi connectivity index (χ3v) is 4.96. The van der Waals surface area contributed by atoms with Crippen LogP contribution in [0.3, 0.4) is 0 Å². The van der Waals surface area contributed by atoms with Crippen LogP contribution in [0.4, 0.5) is 0 Å². The maximum absolute atomic E-state index is 11.8. The van der Waals surface area contributed by atoms with Crippen molar-refractivity contribution < 1.29 is 18.3 Å². The number of aliphatic hydroxyl groups is 1. The molecule has 0 aromatic heterocycles. The highest BCUT2D eigenvalue weighted by Gasteiger charge is 2.24. The Morgan fingerprint density at radius 2 is 2.11 bits per heavy atom. The predicted molar refractivity (Wildman–Crippen MR) is 73.0 cm³/mol. The molecule has 0 bridgehead atoms. The van der Waals surface area contributed by atoms with Gasteiger partial charge in [-0.2, -0.15) is 0 Å². The molecule has 1 fully saturated rings. The summed E-state index contributed by atoms with van der Waals surface area (Å²) in [5.41, 5.74) is 0. The van der Waals surface area contributed by atoms with Crippen LogP contribution in [0.1, 0.15) is 39.5 Å². The number of carbonyl (C=O) groups is 1. The summed E-state index contributed by atoms with van der Waals surface area (Å²) in [7, 11) is -3.37. The van der Waals surface area contributed by atoms with E-state index in [1.807, 2.05) is 0 Å². The van der Waals surface area contributed by atoms with Crippen molar-refractivity contribution >= 4 is 15.9 Å². The van der Waals surface area contributed by atoms with Gasteiger partial charge in [-0.25, -0.2) is 13.1 Å². The molecule has 1 rings (SSSR count). The first kappa shape index (κ1) is 16.4. The van der Waals surface area contributed by atoms with Gasteiger partial charge >= 0.3 is 0 Å². The van der Waals surface area contributed by atoms with Crippen LogP contribution in [-0.2, 0) is 14.8 Å². The molecule has 1 aliphatic carbocycles. The third kappa shape index (κ3) is 5.88. The molecule has 0 aromatic carbocycles. The third-order valence-electron chi connectivity index (χ3n) is 3.30. The zero-order chi connectivity index (χ0) is 14.5. The zero-order valence-corrected chi connectivity index (χ0v) is 12.4. The first-order valence-corrected chi connectivity index (χ1v) is 8.45. The first-order chi connectivity index (χ1) is 8.84. The molecule has 0 heterocycles. The summed E-state index contributed by atoms with van der Waals surface area (Å²) >= 11 is 0. The van der Waals surface area contributed by atoms with Gasteiger partial charge in [-0.1, -0.05) is 6.92 Å². The van der Waals surface area contributed by atoms with Crippen LogP contribution >= 0.6 is 0 Å². The van der Waals surface area contributed by atoms with E-state index in [4.69, 9.17) is 0 Å². The second kappa shape index (κ2) is 7.21. The Morgan fingerprint density at radius 1 is 1.42 bits per heavy atom. The minimum atomic E-state index is -3.37. The molecule has 0 spiro atoms. The topological polar surface area (TPSA) is 95.5 Å². The Kier molecular flexibility index (Phi) is 6.22. The SMILES string of the molecule is CCCS(=O)(=O)NC(C)C(=O)NCC1CCC(O)C1. The highest BCUT2D eigenvalue weighted by atomic mass is 32.2. The number of sulfonamides is 1. The maximum Gasteiger partial charge on any atom is 0.237 e. The van der Waals surface area contributed by atoms with E-state index in [1.165, 1.54) is 6.92 Å². The van der Waals surface area contributed by atoms with Crippen LogP contribution in [0.5, 0.6) is 0 Å². The van der Waals surface area contributed by atoms with Crippen molar-refractivity contribution in [3.05, 3.63) is 0 Å². The van der Waals surface area contributed by atoms with E-state index in [2.05, 4.69) is 10.0 Å². The standard InChI is InChI=1S/C12H24N2O4S/c1-3-6-19(17,18)14-9(2)12(16)13-8-10-4-5-11(15)7-10/h9-11,14-15H,3-8H2,1-2H3,(H,13,16). The summed E-state index contributed by atoms with van der Waals surface area (Å²) in [4.78, 5) is 11.8. The molecule has 19 heavy (non-hydrogen) atoms. The first-order valence-electron chi connectivity index (χ1n) is 6.80. The molecule has 0 aliphatic heterocycles. The second-order valence-corrected chi connectivity index (χ2v) is 7.11. The van der Waals surface area contributed by atoms with Crippen molar-refractivity contribution in [2.24, 2.45) is 5.92 Å². The lowest BCUT2D eigenvalue weighted by Gasteiger charge is -2.16. The number of hydrogen-bond donors (Lipinski definition) is 3. The van der Waals surface area contributed by atoms with Gasteiger partial charge in [-0.15, -0.1) is 0 Å². The van der Waals surface area contributed by atoms with Crippen LogP contribution in [0.2, 0.25) is 0 Å². The Bertz CT molecular complexity index is 397. The molecule has 112 valence electrons. The highest BCUT2D eigenvalue weighted by Crippen LogP contribution is 2.24. The molecule has 1 aliphatic rings. The summed E-state index contributed by atoms with van der Waals surface area (Å²) in [6, 6.07) is -0.761. The molecule has 3 N–H and O–H groups in total. The normalized spacial score (nSPS) is 25.2. The van der Waals surface area contributed by atoms with Crippen molar-refractivity contribution in [3.8, 4) is 0 Å². The Balaban J connectivity index is 2.32. The summed E-state index contributed by atoms with van der Waals surface area (Å²) < 4.78 is 25.4. The molecule has 1 saturated carbocycles. The molecule has 1 amide bonds. The fourth-order valence-corrected chi connectivity index (χ4v) is 3.58. The number of nitrogens with one attached hydrogen (secondary N) is 2. The number of amides is 1. The lowest BCUT2D eigenvalue weighted by molar-refractivity contribution is -0.122. The Hall–Kier alpha value is -0.660. The van der Waals surface area contributed by atoms with Gasteiger partial charge in [0.25, 0.3) is 0 Å². The lowest BCUT2D eigenvalue weighted by atomic mass is 10.1. The van der Waals surface area contributed by atoms with Gasteiger partial charge in [0.1, 0.15) is 0 Å². The number of hydrogen-bond acceptors (Lipinski definition) is 4. The van der Waals surface area contributed by atoms with Gasteiger partial charge in [0, 0.05) is 6.54 Å². The van der Waals surface area contributed by atoms with E-state index in [0.29, 0.717) is 25.3 Å². The van der Waals surface area contributed by atoms with Gasteiger partial charge in [0.05, 0.1) is 17.9 Å². The zero-order valence-electron chi connectivity index (χ0n) is 11.6. The molecule has 0 aromatic rings. The summed E-state index contributed by atoms with van der Waals surface area (Å²) in [5, 5.41) is 12.1. The van der Waals surface area contributed by atoms with Crippen LogP contribution in [-0.4, -0.2) is 43.9 Å². The lowest BCUT2D eigenvalue weighted by Crippen LogP contribution is -2.46. The Morgan fingerprint density at radius 3 is 2.63 bits per heavy atom. The summed E-state index contributed by atoms with van der Waals surface area (Å²) in [6.45, 7) is 3.80. The molecular formula is C12H24N2O4S. The van der Waals surface area contributed by atoms with E-state index < -0.39 is 16.1 Å². The van der Waals surface area contributed by atoms with Crippen molar-refractivity contribution in [3.63, 3.8) is 0 Å². The highest BCUT2D eigenvalue weighted by molar-refractivity contribution is 7.89. The van der Waals surface area contributed by atoms with Gasteiger partial charge in [-0.05, 0) is 38.5 Å². The quantitative estimate of drug-likeness (QED) is 0.614. The smallest absolute Gasteiger partial charge is 0.237 e. The largest absolute Gasteiger partial charge is 0.393 e. The molecular weight excluding hydrogens is 268 g/mol. The number of rotatable bonds is 7. The van der Waals surface area contributed by atoms with Gasteiger partial charge in [0.15, 0.2) is 0 Å². The van der Waals surface area contributed by atoms with E-state index in [-0.39, 0.29) is 17.8 Å². The van der Waals surface area contributed by atoms with E-state index >= 15 is 0 Å². The fraction of sp³-hybridized carbons (Fsp3) is 0.917. The summed E-state index contributed by atoms with van der Waals surface area (Å²) in [5.74, 6) is -0.00105. The van der Waals surface area contributed by atoms with Gasteiger partial charge in [-0.3, -0.25) is 4.79 Å². The molecule has 3 atom stereocenters. The van der Waals surface area contributed by atoms with Crippen molar-refractivity contribution in [2.75, 3.05) is 12.3 Å². The maximum atomic E-state index is 11.8. The fourth-order valence-electron chi connectivity index (χ4n) is 2.28. The molecule has 6 nitrogen and oxygen atoms in total. The average molecular weight is 292 g/mol. The Labute approximate surface area is 115 Å². The number of aliphatic hydroxyl groups excluding tert-OH is 1. The van der Waals surface area contributed by atoms with Crippen molar-refractivity contribution in [1.29, 1.82) is 0 Å². The molecule has 0 saturated heterocycles. The van der Waals surface area contributed by atoms with Crippen LogP contribution in [0.25, 0.3) is 0 Å². The van der Waals surface area contributed by atoms with Crippen molar-refractivity contribution in [2.45, 2.75) is 51.7 Å². The van der Waals surface area contributed by atoms with Crippen LogP contribution in [0.15, 0.2) is 0 Å². The van der Waals surface area contributed by atoms with Crippen LogP contribution in [0, 0.1) is 5.92 Å². The molecule has 0 radical (unpaired) electrons. The summed E-state index contributed by atoms with van der Waals surface area (Å²) in [6.07, 6.45) is 2.64. The van der Waals surface area contributed by atoms with Crippen LogP contribution < -0.4 is 10.0 Å². The molecule has 3 unspecified atom stereocenters. The molecule has 7 heteroatoms. The second-order valence-electron chi connectivity index (χ2n) is 5.24. The minimum absolute atomic E-state index is 0.0272. The average Bonchev–Trinajstić information content (AvgIpc) is 2.71. The monoisotopic (exact) mass is 292 g/mol.